The van der Waals surface area contributed by atoms with E-state index >= 15 is 0 Å². The lowest BCUT2D eigenvalue weighted by Gasteiger charge is -2.28. The van der Waals surface area contributed by atoms with Crippen molar-refractivity contribution in [3.05, 3.63) is 36.5 Å². The van der Waals surface area contributed by atoms with Crippen molar-refractivity contribution in [3.63, 3.8) is 0 Å². The van der Waals surface area contributed by atoms with Gasteiger partial charge in [-0.25, -0.2) is 4.79 Å². The molecular weight excluding hydrogens is 701 g/mol. The summed E-state index contributed by atoms with van der Waals surface area (Å²) in [6.07, 6.45) is 41.1. The molecule has 0 radical (unpaired) electrons. The van der Waals surface area contributed by atoms with Crippen molar-refractivity contribution in [2.75, 3.05) is 47.5 Å². The molecule has 316 valence electrons. The van der Waals surface area contributed by atoms with E-state index in [2.05, 4.69) is 19.9 Å². The Balaban J connectivity index is 4.51. The van der Waals surface area contributed by atoms with Crippen LogP contribution in [0.3, 0.4) is 0 Å². The first-order valence-electron chi connectivity index (χ1n) is 21.7. The number of carbonyl (C=O) groups excluding carboxylic acids is 2. The minimum atomic E-state index is -4.65. The molecule has 0 aliphatic rings. The first kappa shape index (κ1) is 52.2. The molecule has 2 atom stereocenters. The average molecular weight is 784 g/mol. The van der Waals surface area contributed by atoms with Gasteiger partial charge in [0.2, 0.25) is 0 Å². The molecule has 0 amide bonds. The maximum atomic E-state index is 12.5. The van der Waals surface area contributed by atoms with Gasteiger partial charge in [-0.2, -0.15) is 0 Å². The molecule has 0 aliphatic heterocycles. The van der Waals surface area contributed by atoms with Crippen LogP contribution in [0, 0.1) is 0 Å². The number of rotatable bonds is 39. The summed E-state index contributed by atoms with van der Waals surface area (Å²) in [7, 11) is 1.10. The largest absolute Gasteiger partial charge is 0.756 e. The highest BCUT2D eigenvalue weighted by atomic mass is 31.2. The smallest absolute Gasteiger partial charge is 0.331 e. The molecule has 0 rings (SSSR count). The Morgan fingerprint density at radius 2 is 1.07 bits per heavy atom. The zero-order valence-corrected chi connectivity index (χ0v) is 36.3. The molecule has 0 heterocycles. The zero-order chi connectivity index (χ0) is 40.0. The molecule has 0 N–H and O–H groups in total. The van der Waals surface area contributed by atoms with Gasteiger partial charge in [-0.15, -0.1) is 0 Å². The minimum Gasteiger partial charge on any atom is -0.756 e. The van der Waals surface area contributed by atoms with E-state index < -0.39 is 32.5 Å². The van der Waals surface area contributed by atoms with Gasteiger partial charge in [0.05, 0.1) is 27.7 Å². The molecule has 54 heavy (non-hydrogen) atoms. The van der Waals surface area contributed by atoms with Gasteiger partial charge >= 0.3 is 11.9 Å². The number of phosphoric acid groups is 1. The maximum absolute atomic E-state index is 12.5. The third kappa shape index (κ3) is 39.9. The van der Waals surface area contributed by atoms with Gasteiger partial charge < -0.3 is 27.9 Å². The summed E-state index contributed by atoms with van der Waals surface area (Å²) in [5.41, 5.74) is 0. The molecule has 0 aromatic heterocycles. The number of hydrogen-bond donors (Lipinski definition) is 0. The molecule has 0 aliphatic carbocycles. The zero-order valence-electron chi connectivity index (χ0n) is 35.4. The Bertz CT molecular complexity index is 1020. The molecule has 0 spiro atoms. The van der Waals surface area contributed by atoms with E-state index in [0.29, 0.717) is 17.4 Å². The molecule has 0 fully saturated rings. The standard InChI is InChI=1S/C44H82NO8P/c1-6-8-10-12-14-16-18-20-22-24-26-28-30-32-34-36-43(46)50-40-42(41-52-54(48,49)51-39-38-45(3,4)5)53-44(47)37-35-33-31-29-27-25-23-21-19-17-15-13-11-9-7-2/h30-33,35,37,42H,6-29,34,36,38-41H2,1-5H3/b32-30+,33-31+,37-35+/t42-/m1/s1. The van der Waals surface area contributed by atoms with Crippen molar-refractivity contribution >= 4 is 19.8 Å². The predicted octanol–water partition coefficient (Wildman–Crippen LogP) is 11.5. The lowest BCUT2D eigenvalue weighted by atomic mass is 10.1. The summed E-state index contributed by atoms with van der Waals surface area (Å²) in [6.45, 7) is 4.06. The Labute approximate surface area is 331 Å². The molecule has 0 bridgehead atoms. The summed E-state index contributed by atoms with van der Waals surface area (Å²) in [5, 5.41) is 0. The number of quaternary nitrogens is 1. The number of likely N-dealkylation sites (N-methyl/N-ethyl adjacent to an activating group) is 1. The fourth-order valence-corrected chi connectivity index (χ4v) is 6.54. The fourth-order valence-electron chi connectivity index (χ4n) is 5.81. The maximum Gasteiger partial charge on any atom is 0.331 e. The fraction of sp³-hybridized carbons (Fsp3) is 0.818. The van der Waals surface area contributed by atoms with Crippen LogP contribution in [-0.4, -0.2) is 70.0 Å². The summed E-state index contributed by atoms with van der Waals surface area (Å²) >= 11 is 0. The van der Waals surface area contributed by atoms with Gasteiger partial charge in [0.25, 0.3) is 7.82 Å². The number of carbonyl (C=O) groups is 2. The van der Waals surface area contributed by atoms with Crippen LogP contribution in [0.1, 0.15) is 181 Å². The van der Waals surface area contributed by atoms with Crippen LogP contribution in [0.25, 0.3) is 0 Å². The van der Waals surface area contributed by atoms with Gasteiger partial charge in [-0.3, -0.25) is 9.36 Å². The number of ether oxygens (including phenoxy) is 2. The highest BCUT2D eigenvalue weighted by molar-refractivity contribution is 7.45. The van der Waals surface area contributed by atoms with Crippen LogP contribution in [0.4, 0.5) is 0 Å². The molecule has 0 aromatic carbocycles. The summed E-state index contributed by atoms with van der Waals surface area (Å²) < 4.78 is 33.6. The van der Waals surface area contributed by atoms with Crippen molar-refractivity contribution in [3.8, 4) is 0 Å². The second-order valence-electron chi connectivity index (χ2n) is 15.8. The number of allylic oxidation sites excluding steroid dienone is 5. The SMILES string of the molecule is CCCCCCCCCCCCC/C=C/C=C/C(=O)O[C@H](COC(=O)CC/C=C/CCCCCCCCCCCCC)COP(=O)([O-])OCC[N+](C)(C)C. The molecule has 0 saturated heterocycles. The van der Waals surface area contributed by atoms with E-state index in [4.69, 9.17) is 18.5 Å². The van der Waals surface area contributed by atoms with Crippen molar-refractivity contribution in [1.82, 2.24) is 0 Å². The van der Waals surface area contributed by atoms with Crippen LogP contribution in [0.5, 0.6) is 0 Å². The van der Waals surface area contributed by atoms with Crippen LogP contribution >= 0.6 is 7.82 Å². The lowest BCUT2D eigenvalue weighted by molar-refractivity contribution is -0.870. The van der Waals surface area contributed by atoms with Crippen LogP contribution < -0.4 is 4.89 Å². The number of hydrogen-bond acceptors (Lipinski definition) is 8. The molecule has 10 heteroatoms. The second-order valence-corrected chi connectivity index (χ2v) is 17.2. The lowest BCUT2D eigenvalue weighted by Crippen LogP contribution is -2.37. The Hall–Kier alpha value is -1.77. The molecule has 0 saturated carbocycles. The third-order valence-electron chi connectivity index (χ3n) is 9.25. The van der Waals surface area contributed by atoms with Crippen molar-refractivity contribution in [1.29, 1.82) is 0 Å². The number of esters is 2. The quantitative estimate of drug-likeness (QED) is 0.0115. The summed E-state index contributed by atoms with van der Waals surface area (Å²) in [6, 6.07) is 0. The first-order valence-corrected chi connectivity index (χ1v) is 23.2. The molecule has 9 nitrogen and oxygen atoms in total. The number of unbranched alkanes of at least 4 members (excludes halogenated alkanes) is 22. The number of phosphoric ester groups is 1. The van der Waals surface area contributed by atoms with Crippen molar-refractivity contribution in [2.45, 2.75) is 187 Å². The van der Waals surface area contributed by atoms with E-state index in [-0.39, 0.29) is 19.6 Å². The van der Waals surface area contributed by atoms with Crippen LogP contribution in [-0.2, 0) is 32.7 Å². The highest BCUT2D eigenvalue weighted by Gasteiger charge is 2.21. The van der Waals surface area contributed by atoms with Crippen LogP contribution in [0.15, 0.2) is 36.5 Å². The van der Waals surface area contributed by atoms with E-state index in [1.807, 2.05) is 33.3 Å². The van der Waals surface area contributed by atoms with E-state index in [1.165, 1.54) is 134 Å². The van der Waals surface area contributed by atoms with Gasteiger partial charge in [-0.05, 0) is 32.1 Å². The summed E-state index contributed by atoms with van der Waals surface area (Å²) in [5.74, 6) is -1.14. The van der Waals surface area contributed by atoms with E-state index in [9.17, 15) is 19.0 Å². The van der Waals surface area contributed by atoms with Gasteiger partial charge in [0, 0.05) is 12.5 Å². The van der Waals surface area contributed by atoms with Crippen LogP contribution in [0.2, 0.25) is 0 Å². The average Bonchev–Trinajstić information content (AvgIpc) is 3.12. The topological polar surface area (TPSA) is 111 Å². The van der Waals surface area contributed by atoms with E-state index in [1.54, 1.807) is 12.2 Å². The van der Waals surface area contributed by atoms with Gasteiger partial charge in [0.1, 0.15) is 19.8 Å². The molecule has 1 unspecified atom stereocenters. The van der Waals surface area contributed by atoms with Crippen molar-refractivity contribution < 1.29 is 42.1 Å². The van der Waals surface area contributed by atoms with E-state index in [0.717, 1.165) is 25.7 Å². The van der Waals surface area contributed by atoms with Gasteiger partial charge in [0.15, 0.2) is 6.10 Å². The van der Waals surface area contributed by atoms with Crippen molar-refractivity contribution in [2.24, 2.45) is 0 Å². The molecular formula is C44H82NO8P. The minimum absolute atomic E-state index is 0.0508. The third-order valence-corrected chi connectivity index (χ3v) is 10.2. The second kappa shape index (κ2) is 36.8. The summed E-state index contributed by atoms with van der Waals surface area (Å²) in [4.78, 5) is 37.3. The number of nitrogens with zero attached hydrogens (tertiary/aromatic N) is 1. The highest BCUT2D eigenvalue weighted by Crippen LogP contribution is 2.38. The normalized spacial score (nSPS) is 14.0. The Morgan fingerprint density at radius 3 is 1.57 bits per heavy atom. The molecule has 0 aromatic rings. The van der Waals surface area contributed by atoms with Gasteiger partial charge in [-0.1, -0.05) is 173 Å². The monoisotopic (exact) mass is 784 g/mol. The Morgan fingerprint density at radius 1 is 0.611 bits per heavy atom. The Kier molecular flexibility index (Phi) is 35.6. The predicted molar refractivity (Wildman–Crippen MR) is 222 cm³/mol. The first-order chi connectivity index (χ1) is 26.0.